The summed E-state index contributed by atoms with van der Waals surface area (Å²) in [7, 11) is 2.13. The quantitative estimate of drug-likeness (QED) is 0.563. The molecule has 168 valence electrons. The van der Waals surface area contributed by atoms with Gasteiger partial charge in [0.2, 0.25) is 11.9 Å². The Labute approximate surface area is 197 Å². The van der Waals surface area contributed by atoms with Crippen molar-refractivity contribution in [3.63, 3.8) is 0 Å². The number of aliphatic imine (C=N–C) groups is 1. The van der Waals surface area contributed by atoms with Gasteiger partial charge in [0.25, 0.3) is 0 Å². The van der Waals surface area contributed by atoms with Gasteiger partial charge >= 0.3 is 0 Å². The molecule has 2 aromatic carbocycles. The van der Waals surface area contributed by atoms with E-state index < -0.39 is 0 Å². The van der Waals surface area contributed by atoms with Crippen molar-refractivity contribution in [1.82, 2.24) is 19.9 Å². The third-order valence-corrected chi connectivity index (χ3v) is 6.47. The third kappa shape index (κ3) is 5.32. The van der Waals surface area contributed by atoms with Crippen LogP contribution in [0.15, 0.2) is 75.7 Å². The first-order valence-corrected chi connectivity index (χ1v) is 11.7. The van der Waals surface area contributed by atoms with Gasteiger partial charge in [0.1, 0.15) is 5.84 Å². The summed E-state index contributed by atoms with van der Waals surface area (Å²) in [5, 5.41) is 3.94. The average Bonchev–Trinajstić information content (AvgIpc) is 3.30. The lowest BCUT2D eigenvalue weighted by molar-refractivity contribution is 0.311. The Hall–Kier alpha value is -3.43. The zero-order chi connectivity index (χ0) is 22.6. The van der Waals surface area contributed by atoms with Crippen LogP contribution < -0.4 is 16.0 Å². The van der Waals surface area contributed by atoms with Gasteiger partial charge < -0.3 is 20.9 Å². The summed E-state index contributed by atoms with van der Waals surface area (Å²) in [6.07, 6.45) is 2.06. The minimum atomic E-state index is 0.501. The van der Waals surface area contributed by atoms with E-state index in [4.69, 9.17) is 15.7 Å². The van der Waals surface area contributed by atoms with Gasteiger partial charge in [-0.3, -0.25) is 4.99 Å². The van der Waals surface area contributed by atoms with Crippen molar-refractivity contribution in [2.45, 2.75) is 10.1 Å². The fourth-order valence-electron chi connectivity index (χ4n) is 3.68. The molecule has 0 bridgehead atoms. The highest BCUT2D eigenvalue weighted by Crippen LogP contribution is 2.28. The molecule has 0 amide bonds. The molecule has 3 heterocycles. The fraction of sp³-hybridized carbons (Fsp3) is 0.250. The maximum Gasteiger partial charge on any atom is 0.234 e. The van der Waals surface area contributed by atoms with Gasteiger partial charge in [-0.1, -0.05) is 30.3 Å². The highest BCUT2D eigenvalue weighted by atomic mass is 32.2. The predicted octanol–water partition coefficient (Wildman–Crippen LogP) is 3.26. The molecule has 1 fully saturated rings. The minimum absolute atomic E-state index is 0.501. The lowest BCUT2D eigenvalue weighted by atomic mass is 10.1. The molecular formula is C24H26N8S. The van der Waals surface area contributed by atoms with Crippen LogP contribution in [-0.2, 0) is 0 Å². The van der Waals surface area contributed by atoms with E-state index in [-0.39, 0.29) is 0 Å². The van der Waals surface area contributed by atoms with Crippen molar-refractivity contribution in [3.8, 4) is 0 Å². The number of nitrogens with zero attached hydrogens (tertiary/aromatic N) is 6. The van der Waals surface area contributed by atoms with E-state index in [2.05, 4.69) is 50.3 Å². The molecule has 1 aromatic heterocycles. The van der Waals surface area contributed by atoms with Gasteiger partial charge in [-0.15, -0.1) is 0 Å². The van der Waals surface area contributed by atoms with Gasteiger partial charge in [0.15, 0.2) is 5.16 Å². The number of nitrogen functional groups attached to an aromatic ring is 1. The number of hydrogen-bond acceptors (Lipinski definition) is 9. The van der Waals surface area contributed by atoms with Crippen LogP contribution in [0.3, 0.4) is 0 Å². The summed E-state index contributed by atoms with van der Waals surface area (Å²) in [5.41, 5.74) is 8.91. The number of benzene rings is 2. The van der Waals surface area contributed by atoms with Crippen molar-refractivity contribution >= 4 is 40.8 Å². The largest absolute Gasteiger partial charge is 0.399 e. The highest BCUT2D eigenvalue weighted by Gasteiger charge is 2.20. The first-order chi connectivity index (χ1) is 16.1. The van der Waals surface area contributed by atoms with Crippen LogP contribution in [0.5, 0.6) is 0 Å². The van der Waals surface area contributed by atoms with Crippen molar-refractivity contribution < 1.29 is 0 Å². The van der Waals surface area contributed by atoms with Crippen molar-refractivity contribution in [2.24, 2.45) is 4.99 Å². The molecule has 0 spiro atoms. The molecule has 2 aliphatic heterocycles. The molecule has 5 rings (SSSR count). The van der Waals surface area contributed by atoms with Crippen LogP contribution in [-0.4, -0.2) is 65.5 Å². The smallest absolute Gasteiger partial charge is 0.234 e. The Balaban J connectivity index is 1.40. The second kappa shape index (κ2) is 9.60. The lowest BCUT2D eigenvalue weighted by Crippen LogP contribution is -2.45. The molecular weight excluding hydrogens is 432 g/mol. The number of amidine groups is 1. The summed E-state index contributed by atoms with van der Waals surface area (Å²) in [6.45, 7) is 4.35. The summed E-state index contributed by atoms with van der Waals surface area (Å²) in [5.74, 6) is 1.94. The van der Waals surface area contributed by atoms with Crippen LogP contribution in [0, 0.1) is 0 Å². The standard InChI is InChI=1S/C24H26N8S/c1-31-11-13-32(14-12-31)23-28-22(29-24(30-23)33-20-9-7-19(25)8-10-20)27-21-15-18(16-26-21)17-5-3-2-4-6-17/h2-10,15H,11-14,16,25H2,1H3,(H,26,27,28,29,30). The normalized spacial score (nSPS) is 16.5. The van der Waals surface area contributed by atoms with E-state index in [1.54, 1.807) is 0 Å². The molecule has 0 aliphatic carbocycles. The Kier molecular flexibility index (Phi) is 6.23. The van der Waals surface area contributed by atoms with Crippen LogP contribution in [0.25, 0.3) is 5.57 Å². The maximum absolute atomic E-state index is 5.83. The van der Waals surface area contributed by atoms with Crippen LogP contribution in [0.1, 0.15) is 5.56 Å². The average molecular weight is 459 g/mol. The number of piperazine rings is 1. The van der Waals surface area contributed by atoms with E-state index in [9.17, 15) is 0 Å². The summed E-state index contributed by atoms with van der Waals surface area (Å²) >= 11 is 1.49. The number of rotatable bonds is 5. The van der Waals surface area contributed by atoms with Gasteiger partial charge in [0, 0.05) is 36.8 Å². The number of anilines is 3. The third-order valence-electron chi connectivity index (χ3n) is 5.59. The van der Waals surface area contributed by atoms with Crippen molar-refractivity contribution in [1.29, 1.82) is 0 Å². The molecule has 8 nitrogen and oxygen atoms in total. The Morgan fingerprint density at radius 2 is 1.67 bits per heavy atom. The second-order valence-electron chi connectivity index (χ2n) is 8.07. The second-order valence-corrected chi connectivity index (χ2v) is 9.11. The zero-order valence-electron chi connectivity index (χ0n) is 18.5. The topological polar surface area (TPSA) is 95.6 Å². The number of hydrogen-bond donors (Lipinski definition) is 2. The number of likely N-dealkylation sites (N-methyl/N-ethyl adjacent to an activating group) is 1. The Bertz CT molecular complexity index is 1170. The predicted molar refractivity (Wildman–Crippen MR) is 135 cm³/mol. The zero-order valence-corrected chi connectivity index (χ0v) is 19.3. The molecule has 33 heavy (non-hydrogen) atoms. The summed E-state index contributed by atoms with van der Waals surface area (Å²) < 4.78 is 0. The molecule has 0 radical (unpaired) electrons. The maximum atomic E-state index is 5.83. The van der Waals surface area contributed by atoms with E-state index in [1.807, 2.05) is 42.5 Å². The minimum Gasteiger partial charge on any atom is -0.399 e. The first-order valence-electron chi connectivity index (χ1n) is 10.9. The monoisotopic (exact) mass is 458 g/mol. The molecule has 2 aliphatic rings. The number of nitrogens with two attached hydrogens (primary N) is 1. The van der Waals surface area contributed by atoms with E-state index in [0.717, 1.165) is 42.6 Å². The molecule has 3 N–H and O–H groups in total. The molecule has 0 unspecified atom stereocenters. The Morgan fingerprint density at radius 1 is 0.909 bits per heavy atom. The first kappa shape index (κ1) is 21.4. The van der Waals surface area contributed by atoms with Gasteiger partial charge in [-0.05, 0) is 60.3 Å². The fourth-order valence-corrected chi connectivity index (χ4v) is 4.42. The highest BCUT2D eigenvalue weighted by molar-refractivity contribution is 7.99. The van der Waals surface area contributed by atoms with E-state index >= 15 is 0 Å². The van der Waals surface area contributed by atoms with Gasteiger partial charge in [0.05, 0.1) is 6.54 Å². The summed E-state index contributed by atoms with van der Waals surface area (Å²) in [4.78, 5) is 24.3. The van der Waals surface area contributed by atoms with Crippen LogP contribution >= 0.6 is 11.8 Å². The molecule has 0 atom stereocenters. The van der Waals surface area contributed by atoms with Crippen molar-refractivity contribution in [2.75, 3.05) is 55.7 Å². The van der Waals surface area contributed by atoms with Crippen LogP contribution in [0.4, 0.5) is 17.6 Å². The molecule has 0 saturated carbocycles. The Morgan fingerprint density at radius 3 is 2.42 bits per heavy atom. The number of aromatic nitrogens is 3. The SMILES string of the molecule is CN1CCN(c2nc(NC3=NCC(c4ccccc4)=C3)nc(Sc3ccc(N)cc3)n2)CC1. The molecule has 1 saturated heterocycles. The van der Waals surface area contributed by atoms with Crippen LogP contribution in [0.2, 0.25) is 0 Å². The lowest BCUT2D eigenvalue weighted by Gasteiger charge is -2.32. The van der Waals surface area contributed by atoms with E-state index in [0.29, 0.717) is 23.6 Å². The van der Waals surface area contributed by atoms with Gasteiger partial charge in [-0.25, -0.2) is 0 Å². The number of nitrogens with one attached hydrogen (secondary N) is 1. The van der Waals surface area contributed by atoms with Crippen molar-refractivity contribution in [3.05, 3.63) is 66.2 Å². The molecule has 3 aromatic rings. The summed E-state index contributed by atoms with van der Waals surface area (Å²) in [6, 6.07) is 18.0. The van der Waals surface area contributed by atoms with E-state index in [1.165, 1.54) is 22.9 Å². The molecule has 9 heteroatoms. The van der Waals surface area contributed by atoms with Gasteiger partial charge in [-0.2, -0.15) is 15.0 Å².